The van der Waals surface area contributed by atoms with Crippen LogP contribution in [0.1, 0.15) is 11.1 Å². The van der Waals surface area contributed by atoms with Crippen LogP contribution in [0.5, 0.6) is 0 Å². The van der Waals surface area contributed by atoms with E-state index in [1.54, 1.807) is 24.3 Å². The van der Waals surface area contributed by atoms with Gasteiger partial charge < -0.3 is 0 Å². The Morgan fingerprint density at radius 2 is 1.62 bits per heavy atom. The van der Waals surface area contributed by atoms with Crippen molar-refractivity contribution in [3.63, 3.8) is 0 Å². The second kappa shape index (κ2) is 6.72. The summed E-state index contributed by atoms with van der Waals surface area (Å²) in [6, 6.07) is 12.1. The number of hydrogen-bond acceptors (Lipinski definition) is 3. The van der Waals surface area contributed by atoms with Crippen molar-refractivity contribution < 1.29 is 8.42 Å². The predicted molar refractivity (Wildman–Crippen MR) is 90.9 cm³/mol. The van der Waals surface area contributed by atoms with Gasteiger partial charge in [-0.2, -0.15) is 13.5 Å². The zero-order valence-corrected chi connectivity index (χ0v) is 15.0. The van der Waals surface area contributed by atoms with Crippen molar-refractivity contribution in [2.75, 3.05) is 0 Å². The molecule has 0 heterocycles. The molecule has 7 heteroatoms. The highest BCUT2D eigenvalue weighted by molar-refractivity contribution is 9.11. The molecule has 0 atom stereocenters. The molecule has 0 bridgehead atoms. The van der Waals surface area contributed by atoms with Crippen LogP contribution in [0.15, 0.2) is 61.4 Å². The number of benzene rings is 2. The predicted octanol–water partition coefficient (Wildman–Crippen LogP) is 3.83. The van der Waals surface area contributed by atoms with Crippen LogP contribution < -0.4 is 4.83 Å². The number of sulfonamides is 1. The van der Waals surface area contributed by atoms with Crippen LogP contribution in [-0.4, -0.2) is 14.6 Å². The fourth-order valence-electron chi connectivity index (χ4n) is 1.59. The lowest BCUT2D eigenvalue weighted by molar-refractivity contribution is 0.584. The second-order valence-corrected chi connectivity index (χ2v) is 7.86. The van der Waals surface area contributed by atoms with Gasteiger partial charge >= 0.3 is 0 Å². The zero-order chi connectivity index (χ0) is 15.5. The van der Waals surface area contributed by atoms with Crippen molar-refractivity contribution in [1.29, 1.82) is 0 Å². The summed E-state index contributed by atoms with van der Waals surface area (Å²) in [6.07, 6.45) is 1.45. The largest absolute Gasteiger partial charge is 0.276 e. The molecule has 2 aromatic carbocycles. The van der Waals surface area contributed by atoms with Gasteiger partial charge in [0.25, 0.3) is 10.0 Å². The Balaban J connectivity index is 2.14. The maximum atomic E-state index is 12.0. The Hall–Kier alpha value is -1.18. The molecule has 0 amide bonds. The van der Waals surface area contributed by atoms with Gasteiger partial charge in [-0.15, -0.1) is 0 Å². The van der Waals surface area contributed by atoms with Crippen LogP contribution in [0.25, 0.3) is 0 Å². The molecule has 4 nitrogen and oxygen atoms in total. The lowest BCUT2D eigenvalue weighted by Gasteiger charge is -2.03. The number of rotatable bonds is 4. The maximum absolute atomic E-state index is 12.0. The van der Waals surface area contributed by atoms with Crippen molar-refractivity contribution in [1.82, 2.24) is 4.83 Å². The minimum Gasteiger partial charge on any atom is -0.200 e. The Bertz CT molecular complexity index is 752. The summed E-state index contributed by atoms with van der Waals surface area (Å²) >= 11 is 6.72. The number of hydrazone groups is 1. The molecule has 1 N–H and O–H groups in total. The van der Waals surface area contributed by atoms with Crippen molar-refractivity contribution in [3.05, 3.63) is 62.5 Å². The van der Waals surface area contributed by atoms with E-state index in [0.29, 0.717) is 0 Å². The van der Waals surface area contributed by atoms with Crippen molar-refractivity contribution >= 4 is 48.1 Å². The van der Waals surface area contributed by atoms with Crippen LogP contribution in [0, 0.1) is 6.92 Å². The molecule has 0 aliphatic heterocycles. The van der Waals surface area contributed by atoms with E-state index < -0.39 is 10.0 Å². The van der Waals surface area contributed by atoms with Gasteiger partial charge in [0, 0.05) is 8.95 Å². The van der Waals surface area contributed by atoms with Crippen LogP contribution >= 0.6 is 31.9 Å². The zero-order valence-electron chi connectivity index (χ0n) is 11.0. The third-order valence-electron chi connectivity index (χ3n) is 2.60. The SMILES string of the molecule is Cc1ccc(S(=O)(=O)N/N=C\c2cc(Br)cc(Br)c2)cc1. The Labute approximate surface area is 140 Å². The first kappa shape index (κ1) is 16.2. The Morgan fingerprint density at radius 1 is 1.05 bits per heavy atom. The molecular weight excluding hydrogens is 420 g/mol. The highest BCUT2D eigenvalue weighted by atomic mass is 79.9. The van der Waals surface area contributed by atoms with Crippen LogP contribution in [0.2, 0.25) is 0 Å². The molecule has 0 aliphatic carbocycles. The third-order valence-corrected chi connectivity index (χ3v) is 4.76. The molecule has 0 saturated carbocycles. The summed E-state index contributed by atoms with van der Waals surface area (Å²) in [5.41, 5.74) is 1.76. The van der Waals surface area contributed by atoms with E-state index in [9.17, 15) is 8.42 Å². The normalized spacial score (nSPS) is 11.8. The molecule has 110 valence electrons. The summed E-state index contributed by atoms with van der Waals surface area (Å²) in [7, 11) is -3.64. The summed E-state index contributed by atoms with van der Waals surface area (Å²) < 4.78 is 25.8. The summed E-state index contributed by atoms with van der Waals surface area (Å²) in [6.45, 7) is 1.90. The minimum absolute atomic E-state index is 0.181. The Kier molecular flexibility index (Phi) is 5.18. The van der Waals surface area contributed by atoms with E-state index in [1.807, 2.05) is 25.1 Å². The molecule has 0 aliphatic rings. The molecule has 0 saturated heterocycles. The summed E-state index contributed by atoms with van der Waals surface area (Å²) in [5, 5.41) is 3.79. The third kappa shape index (κ3) is 4.66. The number of aryl methyl sites for hydroxylation is 1. The van der Waals surface area contributed by atoms with Gasteiger partial charge in [-0.1, -0.05) is 49.6 Å². The fraction of sp³-hybridized carbons (Fsp3) is 0.0714. The number of hydrogen-bond donors (Lipinski definition) is 1. The molecular formula is C14H12Br2N2O2S. The number of nitrogens with zero attached hydrogens (tertiary/aromatic N) is 1. The first-order valence-corrected chi connectivity index (χ1v) is 9.01. The molecule has 21 heavy (non-hydrogen) atoms. The van der Waals surface area contributed by atoms with E-state index >= 15 is 0 Å². The van der Waals surface area contributed by atoms with Crippen LogP contribution in [0.4, 0.5) is 0 Å². The molecule has 2 aromatic rings. The van der Waals surface area contributed by atoms with Crippen LogP contribution in [0.3, 0.4) is 0 Å². The highest BCUT2D eigenvalue weighted by Gasteiger charge is 2.11. The molecule has 0 radical (unpaired) electrons. The number of nitrogens with one attached hydrogen (secondary N) is 1. The van der Waals surface area contributed by atoms with Crippen LogP contribution in [-0.2, 0) is 10.0 Å². The summed E-state index contributed by atoms with van der Waals surface area (Å²) in [4.78, 5) is 2.37. The molecule has 0 unspecified atom stereocenters. The van der Waals surface area contributed by atoms with Gasteiger partial charge in [0.2, 0.25) is 0 Å². The topological polar surface area (TPSA) is 58.5 Å². The smallest absolute Gasteiger partial charge is 0.200 e. The average Bonchev–Trinajstić information content (AvgIpc) is 2.37. The Morgan fingerprint density at radius 3 is 2.19 bits per heavy atom. The molecule has 2 rings (SSSR count). The molecule has 0 spiro atoms. The first-order valence-electron chi connectivity index (χ1n) is 5.94. The van der Waals surface area contributed by atoms with Crippen molar-refractivity contribution in [2.45, 2.75) is 11.8 Å². The summed E-state index contributed by atoms with van der Waals surface area (Å²) in [5.74, 6) is 0. The van der Waals surface area contributed by atoms with E-state index in [1.165, 1.54) is 6.21 Å². The second-order valence-electron chi connectivity index (χ2n) is 4.37. The number of halogens is 2. The lowest BCUT2D eigenvalue weighted by atomic mass is 10.2. The molecule has 0 aromatic heterocycles. The highest BCUT2D eigenvalue weighted by Crippen LogP contribution is 2.19. The van der Waals surface area contributed by atoms with E-state index in [4.69, 9.17) is 0 Å². The van der Waals surface area contributed by atoms with Crippen molar-refractivity contribution in [3.8, 4) is 0 Å². The van der Waals surface area contributed by atoms with E-state index in [-0.39, 0.29) is 4.90 Å². The van der Waals surface area contributed by atoms with Gasteiger partial charge in [0.1, 0.15) is 0 Å². The standard InChI is InChI=1S/C14H12Br2N2O2S/c1-10-2-4-14(5-3-10)21(19,20)18-17-9-11-6-12(15)8-13(16)7-11/h2-9,18H,1H3/b17-9-. The monoisotopic (exact) mass is 430 g/mol. The van der Waals surface area contributed by atoms with Gasteiger partial charge in [0.05, 0.1) is 11.1 Å². The quantitative estimate of drug-likeness (QED) is 0.590. The average molecular weight is 432 g/mol. The lowest BCUT2D eigenvalue weighted by Crippen LogP contribution is -2.18. The van der Waals surface area contributed by atoms with E-state index in [2.05, 4.69) is 41.8 Å². The van der Waals surface area contributed by atoms with Gasteiger partial charge in [0.15, 0.2) is 0 Å². The minimum atomic E-state index is -3.64. The van der Waals surface area contributed by atoms with Gasteiger partial charge in [-0.25, -0.2) is 4.83 Å². The molecule has 0 fully saturated rings. The fourth-order valence-corrected chi connectivity index (χ4v) is 3.71. The van der Waals surface area contributed by atoms with Gasteiger partial charge in [-0.3, -0.25) is 0 Å². The van der Waals surface area contributed by atoms with Gasteiger partial charge in [-0.05, 0) is 42.8 Å². The van der Waals surface area contributed by atoms with E-state index in [0.717, 1.165) is 20.1 Å². The van der Waals surface area contributed by atoms with Crippen molar-refractivity contribution in [2.24, 2.45) is 5.10 Å². The first-order chi connectivity index (χ1) is 9.87. The maximum Gasteiger partial charge on any atom is 0.276 e.